The van der Waals surface area contributed by atoms with E-state index in [1.54, 1.807) is 6.07 Å². The van der Waals surface area contributed by atoms with E-state index in [9.17, 15) is 13.6 Å². The highest BCUT2D eigenvalue weighted by atomic mass is 19.3. The van der Waals surface area contributed by atoms with Crippen LogP contribution < -0.4 is 10.1 Å². The summed E-state index contributed by atoms with van der Waals surface area (Å²) >= 11 is 0. The molecule has 1 unspecified atom stereocenters. The van der Waals surface area contributed by atoms with Crippen molar-refractivity contribution in [3.05, 3.63) is 52.4 Å². The lowest BCUT2D eigenvalue weighted by Crippen LogP contribution is -2.21. The Bertz CT molecular complexity index is 1140. The monoisotopic (exact) mass is 526 g/mol. The molecule has 38 heavy (non-hydrogen) atoms. The third-order valence-corrected chi connectivity index (χ3v) is 7.58. The van der Waals surface area contributed by atoms with Gasteiger partial charge in [0.2, 0.25) is 5.88 Å². The number of ether oxygens (including phenoxy) is 1. The lowest BCUT2D eigenvalue weighted by atomic mass is 9.88. The van der Waals surface area contributed by atoms with Gasteiger partial charge in [0.05, 0.1) is 6.04 Å². The average molecular weight is 527 g/mol. The summed E-state index contributed by atoms with van der Waals surface area (Å²) in [4.78, 5) is 20.8. The number of carbonyl (C=O) groups excluding carboxylic acids is 1. The number of aldehydes is 1. The first-order valence-electron chi connectivity index (χ1n) is 13.8. The molecule has 1 N–H and O–H groups in total. The van der Waals surface area contributed by atoms with Crippen LogP contribution in [0.4, 0.5) is 14.6 Å². The molecule has 6 nitrogen and oxygen atoms in total. The molecule has 0 aromatic carbocycles. The molecule has 6 rings (SSSR count). The van der Waals surface area contributed by atoms with Crippen molar-refractivity contribution >= 4 is 17.8 Å². The molecule has 0 bridgehead atoms. The van der Waals surface area contributed by atoms with Gasteiger partial charge in [-0.05, 0) is 68.7 Å². The maximum absolute atomic E-state index is 12.4. The molecule has 3 aliphatic carbocycles. The van der Waals surface area contributed by atoms with Gasteiger partial charge in [0.1, 0.15) is 12.1 Å². The van der Waals surface area contributed by atoms with E-state index in [1.807, 2.05) is 26.2 Å². The fourth-order valence-corrected chi connectivity index (χ4v) is 4.75. The second kappa shape index (κ2) is 12.7. The van der Waals surface area contributed by atoms with E-state index in [2.05, 4.69) is 40.1 Å². The van der Waals surface area contributed by atoms with Crippen molar-refractivity contribution < 1.29 is 18.3 Å². The fourth-order valence-electron chi connectivity index (χ4n) is 4.75. The van der Waals surface area contributed by atoms with Crippen LogP contribution in [0.1, 0.15) is 87.2 Å². The number of aromatic nitrogens is 2. The number of anilines is 1. The Balaban J connectivity index is 0.000000279. The van der Waals surface area contributed by atoms with Crippen molar-refractivity contribution in [2.24, 2.45) is 11.8 Å². The summed E-state index contributed by atoms with van der Waals surface area (Å²) in [5.74, 6) is 2.67. The van der Waals surface area contributed by atoms with E-state index in [0.717, 1.165) is 61.5 Å². The van der Waals surface area contributed by atoms with Crippen molar-refractivity contribution in [3.8, 4) is 5.88 Å². The van der Waals surface area contributed by atoms with Crippen molar-refractivity contribution in [3.63, 3.8) is 0 Å². The summed E-state index contributed by atoms with van der Waals surface area (Å²) in [5, 5.41) is 3.20. The molecule has 3 saturated carbocycles. The SMILES string of the molecule is CC1CCC1.CNc1nccc2c1CN(C(C)c1ccc(OCC(F)F)nc1C)C2=C1CC1.O=CC1CC1. The number of carbonyl (C=O) groups is 1. The third-order valence-electron chi connectivity index (χ3n) is 7.58. The van der Waals surface area contributed by atoms with E-state index < -0.39 is 13.0 Å². The molecule has 0 saturated heterocycles. The van der Waals surface area contributed by atoms with Crippen LogP contribution in [0.3, 0.4) is 0 Å². The average Bonchev–Trinajstić information content (AvgIpc) is 3.83. The molecule has 0 spiro atoms. The lowest BCUT2D eigenvalue weighted by Gasteiger charge is -2.29. The predicted octanol–water partition coefficient (Wildman–Crippen LogP) is 6.95. The number of nitrogens with one attached hydrogen (secondary N) is 1. The molecule has 0 amide bonds. The number of halogens is 2. The molecule has 206 valence electrons. The van der Waals surface area contributed by atoms with E-state index >= 15 is 0 Å². The molecular weight excluding hydrogens is 486 g/mol. The first-order chi connectivity index (χ1) is 18.3. The number of allylic oxidation sites excluding steroid dienone is 1. The van der Waals surface area contributed by atoms with Crippen LogP contribution in [0.25, 0.3) is 5.70 Å². The lowest BCUT2D eigenvalue weighted by molar-refractivity contribution is -0.108. The van der Waals surface area contributed by atoms with E-state index in [-0.39, 0.29) is 11.9 Å². The van der Waals surface area contributed by atoms with Gasteiger partial charge in [0.15, 0.2) is 6.61 Å². The summed E-state index contributed by atoms with van der Waals surface area (Å²) in [6.45, 7) is 6.50. The number of hydrogen-bond acceptors (Lipinski definition) is 6. The zero-order valence-corrected chi connectivity index (χ0v) is 23.0. The van der Waals surface area contributed by atoms with Gasteiger partial charge >= 0.3 is 0 Å². The normalized spacial score (nSPS) is 18.4. The van der Waals surface area contributed by atoms with Gasteiger partial charge in [-0.3, -0.25) is 0 Å². The Morgan fingerprint density at radius 2 is 1.89 bits per heavy atom. The molecular formula is C30H40F2N4O2. The molecule has 1 atom stereocenters. The maximum atomic E-state index is 12.4. The van der Waals surface area contributed by atoms with E-state index in [1.165, 1.54) is 41.7 Å². The highest BCUT2D eigenvalue weighted by Crippen LogP contribution is 2.48. The number of rotatable bonds is 7. The molecule has 2 aromatic heterocycles. The van der Waals surface area contributed by atoms with Gasteiger partial charge in [-0.25, -0.2) is 18.7 Å². The molecule has 4 aliphatic rings. The third kappa shape index (κ3) is 7.08. The van der Waals surface area contributed by atoms with Gasteiger partial charge < -0.3 is 19.7 Å². The summed E-state index contributed by atoms with van der Waals surface area (Å²) in [7, 11) is 1.89. The first kappa shape index (κ1) is 28.0. The van der Waals surface area contributed by atoms with Crippen molar-refractivity contribution in [2.75, 3.05) is 19.0 Å². The Kier molecular flexibility index (Phi) is 9.34. The second-order valence-corrected chi connectivity index (χ2v) is 10.7. The highest BCUT2D eigenvalue weighted by Gasteiger charge is 2.35. The van der Waals surface area contributed by atoms with E-state index in [0.29, 0.717) is 5.92 Å². The quantitative estimate of drug-likeness (QED) is 0.394. The van der Waals surface area contributed by atoms with Gasteiger partial charge in [0, 0.05) is 54.3 Å². The largest absolute Gasteiger partial charge is 0.472 e. The van der Waals surface area contributed by atoms with Gasteiger partial charge in [-0.15, -0.1) is 0 Å². The summed E-state index contributed by atoms with van der Waals surface area (Å²) < 4.78 is 29.8. The van der Waals surface area contributed by atoms with Gasteiger partial charge in [-0.2, -0.15) is 0 Å². The smallest absolute Gasteiger partial charge is 0.272 e. The van der Waals surface area contributed by atoms with Crippen LogP contribution in [-0.4, -0.2) is 41.2 Å². The second-order valence-electron chi connectivity index (χ2n) is 10.7. The van der Waals surface area contributed by atoms with Crippen LogP contribution in [-0.2, 0) is 11.3 Å². The number of pyridine rings is 2. The topological polar surface area (TPSA) is 67.3 Å². The molecule has 0 radical (unpaired) electrons. The Morgan fingerprint density at radius 3 is 2.37 bits per heavy atom. The minimum atomic E-state index is -2.51. The van der Waals surface area contributed by atoms with Crippen LogP contribution in [0.2, 0.25) is 0 Å². The first-order valence-corrected chi connectivity index (χ1v) is 13.8. The Morgan fingerprint density at radius 1 is 1.18 bits per heavy atom. The fraction of sp³-hybridized carbons (Fsp3) is 0.567. The molecule has 2 aromatic rings. The number of nitrogens with zero attached hydrogens (tertiary/aromatic N) is 3. The van der Waals surface area contributed by atoms with E-state index in [4.69, 9.17) is 4.74 Å². The minimum absolute atomic E-state index is 0.0943. The summed E-state index contributed by atoms with van der Waals surface area (Å²) in [6, 6.07) is 5.80. The molecule has 8 heteroatoms. The molecule has 3 heterocycles. The maximum Gasteiger partial charge on any atom is 0.272 e. The van der Waals surface area contributed by atoms with Crippen LogP contribution in [0, 0.1) is 18.8 Å². The van der Waals surface area contributed by atoms with Crippen molar-refractivity contribution in [2.45, 2.75) is 84.7 Å². The molecule has 3 fully saturated rings. The Labute approximate surface area is 224 Å². The van der Waals surface area contributed by atoms with Crippen LogP contribution in [0.5, 0.6) is 5.88 Å². The van der Waals surface area contributed by atoms with Gasteiger partial charge in [0.25, 0.3) is 6.43 Å². The predicted molar refractivity (Wildman–Crippen MR) is 146 cm³/mol. The highest BCUT2D eigenvalue weighted by molar-refractivity contribution is 5.78. The number of fused-ring (bicyclic) bond motifs is 1. The zero-order chi connectivity index (χ0) is 27.2. The van der Waals surface area contributed by atoms with Crippen LogP contribution in [0.15, 0.2) is 30.0 Å². The zero-order valence-electron chi connectivity index (χ0n) is 23.0. The standard InChI is InChI=1S/C21H24F2N4O.C5H10.C4H6O/c1-12-15(6-7-19(26-12)28-11-18(22)23)13(2)27-10-17-16(20(27)14-4-5-14)8-9-25-21(17)24-3;1-5-3-2-4-5;5-3-4-1-2-4/h6-9,13,18H,4-5,10-11H2,1-3H3,(H,24,25);5H,2-4H2,1H3;3-4H,1-2H2. The van der Waals surface area contributed by atoms with Gasteiger partial charge in [-0.1, -0.05) is 26.2 Å². The molecule has 1 aliphatic heterocycles. The Hall–Kier alpha value is -3.03. The van der Waals surface area contributed by atoms with Crippen molar-refractivity contribution in [1.82, 2.24) is 14.9 Å². The summed E-state index contributed by atoms with van der Waals surface area (Å²) in [6.07, 6.45) is 9.38. The number of aryl methyl sites for hydroxylation is 1. The van der Waals surface area contributed by atoms with Crippen LogP contribution >= 0.6 is 0 Å². The van der Waals surface area contributed by atoms with Crippen molar-refractivity contribution in [1.29, 1.82) is 0 Å². The number of hydrogen-bond donors (Lipinski definition) is 1. The summed E-state index contributed by atoms with van der Waals surface area (Å²) in [5.41, 5.74) is 7.10. The minimum Gasteiger partial charge on any atom is -0.472 e. The number of alkyl halides is 2.